The third-order valence-corrected chi connectivity index (χ3v) is 1.79. The van der Waals surface area contributed by atoms with Crippen LogP contribution in [0.5, 0.6) is 0 Å². The average molecular weight is 179 g/mol. The molecule has 4 heteroatoms. The van der Waals surface area contributed by atoms with Crippen LogP contribution in [0.25, 0.3) is 0 Å². The first-order chi connectivity index (χ1) is 6.19. The van der Waals surface area contributed by atoms with Crippen molar-refractivity contribution < 1.29 is 4.39 Å². The van der Waals surface area contributed by atoms with Crippen molar-refractivity contribution in [2.24, 2.45) is 11.5 Å². The maximum Gasteiger partial charge on any atom is 0.124 e. The van der Waals surface area contributed by atoms with Crippen LogP contribution in [0.15, 0.2) is 18.2 Å². The van der Waals surface area contributed by atoms with Gasteiger partial charge in [-0.2, -0.15) is 5.26 Å². The fourth-order valence-corrected chi connectivity index (χ4v) is 1.08. The number of nitrogens with two attached hydrogens (primary N) is 2. The Morgan fingerprint density at radius 2 is 2.23 bits per heavy atom. The number of hydrogen-bond acceptors (Lipinski definition) is 3. The molecule has 0 unspecified atom stereocenters. The second-order valence-electron chi connectivity index (χ2n) is 2.69. The molecule has 13 heavy (non-hydrogen) atoms. The molecule has 0 spiro atoms. The van der Waals surface area contributed by atoms with Crippen molar-refractivity contribution in [2.75, 3.05) is 6.54 Å². The van der Waals surface area contributed by atoms with E-state index >= 15 is 0 Å². The number of hydrogen-bond donors (Lipinski definition) is 2. The lowest BCUT2D eigenvalue weighted by Crippen LogP contribution is -2.21. The minimum Gasteiger partial charge on any atom is -0.329 e. The summed E-state index contributed by atoms with van der Waals surface area (Å²) in [6, 6.07) is 5.39. The average Bonchev–Trinajstić information content (AvgIpc) is 2.16. The summed E-state index contributed by atoms with van der Waals surface area (Å²) >= 11 is 0. The van der Waals surface area contributed by atoms with Gasteiger partial charge in [-0.15, -0.1) is 0 Å². The predicted molar refractivity (Wildman–Crippen MR) is 47.1 cm³/mol. The van der Waals surface area contributed by atoms with Crippen LogP contribution in [0.2, 0.25) is 0 Å². The van der Waals surface area contributed by atoms with Crippen LogP contribution in [0.4, 0.5) is 4.39 Å². The lowest BCUT2D eigenvalue weighted by atomic mass is 10.0. The van der Waals surface area contributed by atoms with Gasteiger partial charge >= 0.3 is 0 Å². The van der Waals surface area contributed by atoms with Crippen molar-refractivity contribution >= 4 is 0 Å². The number of rotatable bonds is 2. The molecule has 0 aromatic heterocycles. The van der Waals surface area contributed by atoms with Crippen LogP contribution >= 0.6 is 0 Å². The molecule has 0 amide bonds. The Bertz CT molecular complexity index is 343. The highest BCUT2D eigenvalue weighted by molar-refractivity contribution is 5.39. The van der Waals surface area contributed by atoms with Crippen LogP contribution < -0.4 is 11.5 Å². The molecule has 1 atom stereocenters. The van der Waals surface area contributed by atoms with Crippen molar-refractivity contribution in [3.8, 4) is 6.07 Å². The smallest absolute Gasteiger partial charge is 0.124 e. The van der Waals surface area contributed by atoms with Gasteiger partial charge in [0.15, 0.2) is 0 Å². The summed E-state index contributed by atoms with van der Waals surface area (Å²) in [5, 5.41) is 8.67. The molecule has 0 aliphatic carbocycles. The number of nitriles is 1. The van der Waals surface area contributed by atoms with E-state index in [1.165, 1.54) is 12.1 Å². The second kappa shape index (κ2) is 3.99. The van der Waals surface area contributed by atoms with Crippen LogP contribution in [0, 0.1) is 17.1 Å². The molecule has 0 heterocycles. The van der Waals surface area contributed by atoms with Gasteiger partial charge < -0.3 is 11.5 Å². The van der Waals surface area contributed by atoms with E-state index in [1.807, 2.05) is 6.07 Å². The molecule has 1 rings (SSSR count). The van der Waals surface area contributed by atoms with Gasteiger partial charge in [0.2, 0.25) is 0 Å². The quantitative estimate of drug-likeness (QED) is 0.700. The SMILES string of the molecule is N#Cc1cc(F)ccc1[C@H](N)CN. The van der Waals surface area contributed by atoms with Gasteiger partial charge in [-0.1, -0.05) is 6.07 Å². The van der Waals surface area contributed by atoms with Gasteiger partial charge in [0.25, 0.3) is 0 Å². The Labute approximate surface area is 75.8 Å². The van der Waals surface area contributed by atoms with Crippen LogP contribution in [-0.4, -0.2) is 6.54 Å². The molecule has 1 aromatic carbocycles. The highest BCUT2D eigenvalue weighted by atomic mass is 19.1. The fraction of sp³-hybridized carbons (Fsp3) is 0.222. The topological polar surface area (TPSA) is 75.8 Å². The summed E-state index contributed by atoms with van der Waals surface area (Å²) in [5.41, 5.74) is 11.8. The third-order valence-electron chi connectivity index (χ3n) is 1.79. The highest BCUT2D eigenvalue weighted by Gasteiger charge is 2.09. The van der Waals surface area contributed by atoms with Gasteiger partial charge in [0, 0.05) is 12.6 Å². The minimum atomic E-state index is -0.440. The van der Waals surface area contributed by atoms with Gasteiger partial charge in [-0.25, -0.2) is 4.39 Å². The van der Waals surface area contributed by atoms with E-state index < -0.39 is 11.9 Å². The molecule has 0 saturated carbocycles. The monoisotopic (exact) mass is 179 g/mol. The molecule has 1 aromatic rings. The van der Waals surface area contributed by atoms with E-state index in [0.717, 1.165) is 6.07 Å². The zero-order valence-corrected chi connectivity index (χ0v) is 7.00. The summed E-state index contributed by atoms with van der Waals surface area (Å²) in [5.74, 6) is -0.440. The van der Waals surface area contributed by atoms with E-state index in [-0.39, 0.29) is 12.1 Å². The first-order valence-corrected chi connectivity index (χ1v) is 3.84. The molecule has 0 saturated heterocycles. The summed E-state index contributed by atoms with van der Waals surface area (Å²) in [7, 11) is 0. The maximum atomic E-state index is 12.7. The molecule has 4 N–H and O–H groups in total. The molecule has 0 aliphatic rings. The molecular formula is C9H10FN3. The first kappa shape index (κ1) is 9.65. The highest BCUT2D eigenvalue weighted by Crippen LogP contribution is 2.15. The molecule has 0 bridgehead atoms. The maximum absolute atomic E-state index is 12.7. The van der Waals surface area contributed by atoms with Crippen molar-refractivity contribution in [1.82, 2.24) is 0 Å². The first-order valence-electron chi connectivity index (χ1n) is 3.84. The Hall–Kier alpha value is -1.44. The summed E-state index contributed by atoms with van der Waals surface area (Å²) in [4.78, 5) is 0. The second-order valence-corrected chi connectivity index (χ2v) is 2.69. The van der Waals surface area contributed by atoms with Gasteiger partial charge in [-0.3, -0.25) is 0 Å². The Morgan fingerprint density at radius 1 is 1.54 bits per heavy atom. The Balaban J connectivity index is 3.15. The Morgan fingerprint density at radius 3 is 2.77 bits per heavy atom. The lowest BCUT2D eigenvalue weighted by Gasteiger charge is -2.10. The van der Waals surface area contributed by atoms with Crippen molar-refractivity contribution in [2.45, 2.75) is 6.04 Å². The van der Waals surface area contributed by atoms with Crippen molar-refractivity contribution in [1.29, 1.82) is 5.26 Å². The molecule has 3 nitrogen and oxygen atoms in total. The van der Waals surface area contributed by atoms with Gasteiger partial charge in [0.05, 0.1) is 11.6 Å². The third kappa shape index (κ3) is 2.02. The normalized spacial score (nSPS) is 12.2. The largest absolute Gasteiger partial charge is 0.329 e. The standard InChI is InChI=1S/C9H10FN3/c10-7-1-2-8(9(13)5-12)6(3-7)4-11/h1-3,9H,5,12-13H2/t9-/m1/s1. The molecule has 0 aliphatic heterocycles. The van der Waals surface area contributed by atoms with Crippen molar-refractivity contribution in [3.63, 3.8) is 0 Å². The van der Waals surface area contributed by atoms with Crippen LogP contribution in [0.3, 0.4) is 0 Å². The number of halogens is 1. The van der Waals surface area contributed by atoms with Crippen LogP contribution in [0.1, 0.15) is 17.2 Å². The van der Waals surface area contributed by atoms with E-state index in [9.17, 15) is 4.39 Å². The van der Waals surface area contributed by atoms with E-state index in [0.29, 0.717) is 5.56 Å². The number of nitrogens with zero attached hydrogens (tertiary/aromatic N) is 1. The molecule has 0 radical (unpaired) electrons. The molecular weight excluding hydrogens is 169 g/mol. The van der Waals surface area contributed by atoms with Gasteiger partial charge in [-0.05, 0) is 17.7 Å². The van der Waals surface area contributed by atoms with E-state index in [4.69, 9.17) is 16.7 Å². The molecule has 68 valence electrons. The number of benzene rings is 1. The van der Waals surface area contributed by atoms with E-state index in [2.05, 4.69) is 0 Å². The Kier molecular flexibility index (Phi) is 2.96. The summed E-state index contributed by atoms with van der Waals surface area (Å²) < 4.78 is 12.7. The summed E-state index contributed by atoms with van der Waals surface area (Å²) in [6.45, 7) is 0.236. The zero-order chi connectivity index (χ0) is 9.84. The zero-order valence-electron chi connectivity index (χ0n) is 7.00. The lowest BCUT2D eigenvalue weighted by molar-refractivity contribution is 0.624. The van der Waals surface area contributed by atoms with Crippen molar-refractivity contribution in [3.05, 3.63) is 35.1 Å². The predicted octanol–water partition coefficient (Wildman–Crippen LogP) is 0.656. The van der Waals surface area contributed by atoms with E-state index in [1.54, 1.807) is 0 Å². The van der Waals surface area contributed by atoms with Gasteiger partial charge in [0.1, 0.15) is 5.82 Å². The molecule has 0 fully saturated rings. The minimum absolute atomic E-state index is 0.236. The van der Waals surface area contributed by atoms with Crippen LogP contribution in [-0.2, 0) is 0 Å². The fourth-order valence-electron chi connectivity index (χ4n) is 1.08. The summed E-state index contributed by atoms with van der Waals surface area (Å²) in [6.07, 6.45) is 0.